The average molecular weight is 283 g/mol. The Hall–Kier alpha value is -0.310. The second kappa shape index (κ2) is 6.03. The standard InChI is InChI=1S/C9H17NO5S2/c1-16-3-2-6(9(12)13)10-7-4-17(14,15)5-8(7)11/h6-8,10-11H,2-5H2,1H3,(H,12,13)/t6-,7+,8-/m0/s1. The van der Waals surface area contributed by atoms with Gasteiger partial charge in [-0.1, -0.05) is 0 Å². The number of sulfone groups is 1. The van der Waals surface area contributed by atoms with Gasteiger partial charge < -0.3 is 20.3 Å². The van der Waals surface area contributed by atoms with Crippen LogP contribution >= 0.6 is 11.8 Å². The van der Waals surface area contributed by atoms with Crippen LogP contribution in [-0.2, 0) is 14.6 Å². The van der Waals surface area contributed by atoms with Gasteiger partial charge in [-0.15, -0.1) is 0 Å². The monoisotopic (exact) mass is 283 g/mol. The van der Waals surface area contributed by atoms with Gasteiger partial charge in [0.15, 0.2) is 9.84 Å². The highest BCUT2D eigenvalue weighted by molar-refractivity contribution is 7.98. The zero-order chi connectivity index (χ0) is 13.1. The highest BCUT2D eigenvalue weighted by atomic mass is 32.2. The number of rotatable bonds is 6. The molecule has 1 saturated heterocycles. The normalized spacial score (nSPS) is 29.1. The van der Waals surface area contributed by atoms with Gasteiger partial charge in [0.1, 0.15) is 23.9 Å². The largest absolute Gasteiger partial charge is 0.544 e. The first-order valence-electron chi connectivity index (χ1n) is 5.29. The number of thioether (sulfide) groups is 1. The molecule has 1 aliphatic heterocycles. The van der Waals surface area contributed by atoms with Crippen LogP contribution < -0.4 is 10.4 Å². The van der Waals surface area contributed by atoms with Crippen molar-refractivity contribution in [2.24, 2.45) is 0 Å². The van der Waals surface area contributed by atoms with Gasteiger partial charge in [0, 0.05) is 6.42 Å². The van der Waals surface area contributed by atoms with E-state index in [0.29, 0.717) is 12.2 Å². The van der Waals surface area contributed by atoms with Crippen molar-refractivity contribution in [2.45, 2.75) is 24.6 Å². The van der Waals surface area contributed by atoms with Gasteiger partial charge in [-0.25, -0.2) is 8.42 Å². The summed E-state index contributed by atoms with van der Waals surface area (Å²) in [6, 6.07) is -1.39. The molecule has 1 fully saturated rings. The van der Waals surface area contributed by atoms with Crippen molar-refractivity contribution in [3.8, 4) is 0 Å². The van der Waals surface area contributed by atoms with Crippen LogP contribution in [0.5, 0.6) is 0 Å². The second-order valence-electron chi connectivity index (χ2n) is 4.21. The molecule has 0 aromatic rings. The maximum atomic E-state index is 11.3. The van der Waals surface area contributed by atoms with Gasteiger partial charge in [-0.05, 0) is 12.0 Å². The molecule has 0 amide bonds. The van der Waals surface area contributed by atoms with E-state index in [1.165, 1.54) is 17.1 Å². The lowest BCUT2D eigenvalue weighted by Crippen LogP contribution is -2.99. The van der Waals surface area contributed by atoms with Crippen LogP contribution in [0.15, 0.2) is 0 Å². The van der Waals surface area contributed by atoms with Crippen LogP contribution in [0.4, 0.5) is 0 Å². The van der Waals surface area contributed by atoms with Crippen LogP contribution in [0.2, 0.25) is 0 Å². The fraction of sp³-hybridized carbons (Fsp3) is 0.889. The smallest absolute Gasteiger partial charge is 0.159 e. The van der Waals surface area contributed by atoms with Crippen molar-refractivity contribution in [1.29, 1.82) is 0 Å². The minimum Gasteiger partial charge on any atom is -0.544 e. The Morgan fingerprint density at radius 3 is 2.65 bits per heavy atom. The van der Waals surface area contributed by atoms with Crippen molar-refractivity contribution in [2.75, 3.05) is 23.5 Å². The molecule has 100 valence electrons. The highest BCUT2D eigenvalue weighted by Gasteiger charge is 2.40. The average Bonchev–Trinajstić information content (AvgIpc) is 2.46. The molecule has 0 aliphatic carbocycles. The van der Waals surface area contributed by atoms with E-state index in [9.17, 15) is 23.4 Å². The molecule has 0 aromatic heterocycles. The van der Waals surface area contributed by atoms with Gasteiger partial charge in [0.25, 0.3) is 0 Å². The zero-order valence-corrected chi connectivity index (χ0v) is 11.2. The molecule has 0 radical (unpaired) electrons. The summed E-state index contributed by atoms with van der Waals surface area (Å²) >= 11 is 1.51. The van der Waals surface area contributed by atoms with Crippen LogP contribution in [0, 0.1) is 0 Å². The molecule has 0 aromatic carbocycles. The third kappa shape index (κ3) is 4.46. The molecule has 1 heterocycles. The minimum atomic E-state index is -3.24. The first kappa shape index (κ1) is 14.7. The summed E-state index contributed by atoms with van der Waals surface area (Å²) in [6.07, 6.45) is 1.27. The molecular formula is C9H17NO5S2. The fourth-order valence-electron chi connectivity index (χ4n) is 1.88. The summed E-state index contributed by atoms with van der Waals surface area (Å²) in [4.78, 5) is 10.9. The number of aliphatic hydroxyl groups excluding tert-OH is 1. The van der Waals surface area contributed by atoms with E-state index in [-0.39, 0.29) is 11.5 Å². The lowest BCUT2D eigenvalue weighted by molar-refractivity contribution is -0.716. The second-order valence-corrected chi connectivity index (χ2v) is 7.35. The molecular weight excluding hydrogens is 266 g/mol. The van der Waals surface area contributed by atoms with Crippen molar-refractivity contribution in [3.05, 3.63) is 0 Å². The Balaban J connectivity index is 2.58. The first-order chi connectivity index (χ1) is 7.85. The molecule has 0 bridgehead atoms. The predicted octanol–water partition coefficient (Wildman–Crippen LogP) is -3.42. The number of hydrogen-bond donors (Lipinski definition) is 2. The SMILES string of the molecule is CSCC[C@H]([NH2+][C@@H]1CS(=O)(=O)C[C@@H]1O)C(=O)[O-]. The Morgan fingerprint density at radius 2 is 2.24 bits per heavy atom. The molecule has 8 heteroatoms. The number of aliphatic hydroxyl groups is 1. The topological polar surface area (TPSA) is 111 Å². The van der Waals surface area contributed by atoms with Gasteiger partial charge in [-0.3, -0.25) is 0 Å². The quantitative estimate of drug-likeness (QED) is 0.525. The summed E-state index contributed by atoms with van der Waals surface area (Å²) in [7, 11) is -3.24. The molecule has 0 unspecified atom stereocenters. The van der Waals surface area contributed by atoms with E-state index < -0.39 is 34.0 Å². The molecule has 3 N–H and O–H groups in total. The third-order valence-electron chi connectivity index (χ3n) is 2.78. The van der Waals surface area contributed by atoms with Crippen molar-refractivity contribution >= 4 is 27.6 Å². The van der Waals surface area contributed by atoms with E-state index in [1.54, 1.807) is 0 Å². The van der Waals surface area contributed by atoms with Gasteiger partial charge >= 0.3 is 0 Å². The van der Waals surface area contributed by atoms with Crippen LogP contribution in [0.1, 0.15) is 6.42 Å². The van der Waals surface area contributed by atoms with Crippen LogP contribution in [0.3, 0.4) is 0 Å². The lowest BCUT2D eigenvalue weighted by Gasteiger charge is -2.21. The number of carbonyl (C=O) groups is 1. The number of nitrogens with two attached hydrogens (primary N) is 1. The van der Waals surface area contributed by atoms with Crippen LogP contribution in [-0.4, -0.2) is 61.2 Å². The summed E-state index contributed by atoms with van der Waals surface area (Å²) < 4.78 is 22.5. The number of carbonyl (C=O) groups excluding carboxylic acids is 1. The minimum absolute atomic E-state index is 0.169. The number of aliphatic carboxylic acids is 1. The molecule has 3 atom stereocenters. The Kier molecular flexibility index (Phi) is 5.23. The molecule has 0 saturated carbocycles. The van der Waals surface area contributed by atoms with E-state index in [0.717, 1.165) is 0 Å². The number of hydrogen-bond acceptors (Lipinski definition) is 6. The fourth-order valence-corrected chi connectivity index (χ4v) is 4.19. The number of carboxylic acids is 1. The van der Waals surface area contributed by atoms with E-state index >= 15 is 0 Å². The Labute approximate surface area is 105 Å². The highest BCUT2D eigenvalue weighted by Crippen LogP contribution is 2.10. The summed E-state index contributed by atoms with van der Waals surface area (Å²) in [6.45, 7) is 0. The van der Waals surface area contributed by atoms with Crippen molar-refractivity contribution in [3.63, 3.8) is 0 Å². The molecule has 17 heavy (non-hydrogen) atoms. The summed E-state index contributed by atoms with van der Waals surface area (Å²) in [5.74, 6) is -1.01. The lowest BCUT2D eigenvalue weighted by atomic mass is 10.1. The Morgan fingerprint density at radius 1 is 1.59 bits per heavy atom. The number of quaternary nitrogens is 1. The van der Waals surface area contributed by atoms with E-state index in [1.807, 2.05) is 6.26 Å². The maximum Gasteiger partial charge on any atom is 0.159 e. The molecule has 6 nitrogen and oxygen atoms in total. The number of carboxylic acid groups (broad SMARTS) is 1. The summed E-state index contributed by atoms with van der Waals surface area (Å²) in [5, 5.41) is 21.8. The molecule has 1 rings (SSSR count). The first-order valence-corrected chi connectivity index (χ1v) is 8.50. The van der Waals surface area contributed by atoms with Crippen molar-refractivity contribution < 1.29 is 28.7 Å². The van der Waals surface area contributed by atoms with Gasteiger partial charge in [0.05, 0.1) is 11.7 Å². The van der Waals surface area contributed by atoms with E-state index in [4.69, 9.17) is 0 Å². The van der Waals surface area contributed by atoms with Gasteiger partial charge in [0.2, 0.25) is 0 Å². The maximum absolute atomic E-state index is 11.3. The molecule has 0 spiro atoms. The summed E-state index contributed by atoms with van der Waals surface area (Å²) in [5.41, 5.74) is 0. The molecule has 1 aliphatic rings. The van der Waals surface area contributed by atoms with Gasteiger partial charge in [-0.2, -0.15) is 11.8 Å². The van der Waals surface area contributed by atoms with E-state index in [2.05, 4.69) is 0 Å². The third-order valence-corrected chi connectivity index (χ3v) is 5.17. The van der Waals surface area contributed by atoms with Crippen LogP contribution in [0.25, 0.3) is 0 Å². The Bertz CT molecular complexity index is 370. The predicted molar refractivity (Wildman–Crippen MR) is 62.2 cm³/mol. The zero-order valence-electron chi connectivity index (χ0n) is 9.53. The van der Waals surface area contributed by atoms with Crippen molar-refractivity contribution in [1.82, 2.24) is 0 Å².